The number of carbonyl (C=O) groups is 2. The highest BCUT2D eigenvalue weighted by Crippen LogP contribution is 2.17. The van der Waals surface area contributed by atoms with Crippen molar-refractivity contribution in [2.24, 2.45) is 0 Å². The zero-order valence-electron chi connectivity index (χ0n) is 16.1. The zero-order valence-corrected chi connectivity index (χ0v) is 16.1. The van der Waals surface area contributed by atoms with E-state index in [0.29, 0.717) is 19.6 Å². The molecule has 0 spiro atoms. The second kappa shape index (κ2) is 10.4. The molecule has 0 saturated carbocycles. The van der Waals surface area contributed by atoms with Crippen LogP contribution in [0.15, 0.2) is 53.1 Å². The summed E-state index contributed by atoms with van der Waals surface area (Å²) in [6.07, 6.45) is 1.61. The highest BCUT2D eigenvalue weighted by Gasteiger charge is 2.18. The Hall–Kier alpha value is -2.80. The minimum Gasteiger partial charge on any atom is -0.468 e. The average molecular weight is 372 g/mol. The number of amides is 3. The number of hydrogen-bond acceptors (Lipinski definition) is 4. The molecule has 0 fully saturated rings. The topological polar surface area (TPSA) is 77.8 Å². The fourth-order valence-electron chi connectivity index (χ4n) is 2.72. The van der Waals surface area contributed by atoms with Gasteiger partial charge in [-0.25, -0.2) is 4.79 Å². The molecule has 1 unspecified atom stereocenters. The Labute approximate surface area is 160 Å². The SMILES string of the molecule is CCN(Cc1ccccc1)C(=O)CNC(=O)NCC(c1ccco1)N(C)C. The normalized spacial score (nSPS) is 11.9. The first-order valence-corrected chi connectivity index (χ1v) is 9.04. The molecule has 0 radical (unpaired) electrons. The van der Waals surface area contributed by atoms with Crippen molar-refractivity contribution in [3.05, 3.63) is 60.1 Å². The maximum atomic E-state index is 12.4. The second-order valence-corrected chi connectivity index (χ2v) is 6.45. The van der Waals surface area contributed by atoms with E-state index in [2.05, 4.69) is 10.6 Å². The number of furan rings is 1. The predicted octanol–water partition coefficient (Wildman–Crippen LogP) is 2.23. The average Bonchev–Trinajstić information content (AvgIpc) is 3.19. The molecule has 0 aliphatic heterocycles. The van der Waals surface area contributed by atoms with Gasteiger partial charge in [0.15, 0.2) is 0 Å². The van der Waals surface area contributed by atoms with Gasteiger partial charge in [-0.15, -0.1) is 0 Å². The van der Waals surface area contributed by atoms with Gasteiger partial charge in [-0.1, -0.05) is 30.3 Å². The number of urea groups is 1. The third-order valence-electron chi connectivity index (χ3n) is 4.30. The Morgan fingerprint density at radius 2 is 1.81 bits per heavy atom. The van der Waals surface area contributed by atoms with Crippen LogP contribution in [0.25, 0.3) is 0 Å². The summed E-state index contributed by atoms with van der Waals surface area (Å²) < 4.78 is 5.42. The minimum atomic E-state index is -0.377. The number of nitrogens with zero attached hydrogens (tertiary/aromatic N) is 2. The summed E-state index contributed by atoms with van der Waals surface area (Å²) in [6.45, 7) is 3.37. The fourth-order valence-corrected chi connectivity index (χ4v) is 2.72. The number of rotatable bonds is 9. The number of benzene rings is 1. The molecule has 1 aromatic carbocycles. The molecule has 3 amide bonds. The fraction of sp³-hybridized carbons (Fsp3) is 0.400. The molecule has 0 bridgehead atoms. The van der Waals surface area contributed by atoms with Gasteiger partial charge in [-0.2, -0.15) is 0 Å². The molecule has 2 N–H and O–H groups in total. The van der Waals surface area contributed by atoms with E-state index in [1.807, 2.05) is 68.4 Å². The maximum Gasteiger partial charge on any atom is 0.315 e. The van der Waals surface area contributed by atoms with Crippen LogP contribution < -0.4 is 10.6 Å². The molecule has 1 heterocycles. The van der Waals surface area contributed by atoms with Crippen LogP contribution in [0.2, 0.25) is 0 Å². The molecule has 146 valence electrons. The van der Waals surface area contributed by atoms with Crippen LogP contribution >= 0.6 is 0 Å². The van der Waals surface area contributed by atoms with Crippen LogP contribution in [0.1, 0.15) is 24.3 Å². The molecule has 0 aliphatic carbocycles. The Morgan fingerprint density at radius 1 is 1.07 bits per heavy atom. The summed E-state index contributed by atoms with van der Waals surface area (Å²) in [6, 6.07) is 13.0. The van der Waals surface area contributed by atoms with Crippen LogP contribution in [0.4, 0.5) is 4.79 Å². The van der Waals surface area contributed by atoms with Crippen molar-refractivity contribution < 1.29 is 14.0 Å². The first kappa shape index (κ1) is 20.5. The van der Waals surface area contributed by atoms with E-state index < -0.39 is 0 Å². The molecule has 7 nitrogen and oxygen atoms in total. The number of carbonyl (C=O) groups excluding carboxylic acids is 2. The van der Waals surface area contributed by atoms with Gasteiger partial charge in [-0.05, 0) is 38.7 Å². The summed E-state index contributed by atoms with van der Waals surface area (Å²) in [5.41, 5.74) is 1.06. The van der Waals surface area contributed by atoms with Gasteiger partial charge in [0.05, 0.1) is 18.8 Å². The lowest BCUT2D eigenvalue weighted by molar-refractivity contribution is -0.130. The summed E-state index contributed by atoms with van der Waals surface area (Å²) in [5.74, 6) is 0.656. The second-order valence-electron chi connectivity index (χ2n) is 6.45. The molecule has 0 saturated heterocycles. The van der Waals surface area contributed by atoms with Gasteiger partial charge in [0, 0.05) is 19.6 Å². The summed E-state index contributed by atoms with van der Waals surface area (Å²) in [4.78, 5) is 28.1. The highest BCUT2D eigenvalue weighted by molar-refractivity contribution is 5.84. The lowest BCUT2D eigenvalue weighted by Crippen LogP contribution is -2.45. The number of hydrogen-bond donors (Lipinski definition) is 2. The molecular weight excluding hydrogens is 344 g/mol. The Balaban J connectivity index is 1.78. The Bertz CT molecular complexity index is 701. The molecule has 0 aliphatic rings. The zero-order chi connectivity index (χ0) is 19.6. The molecule has 7 heteroatoms. The molecular formula is C20H28N4O3. The Morgan fingerprint density at radius 3 is 2.41 bits per heavy atom. The smallest absolute Gasteiger partial charge is 0.315 e. The molecule has 1 atom stereocenters. The van der Waals surface area contributed by atoms with Crippen molar-refractivity contribution in [2.45, 2.75) is 19.5 Å². The first-order valence-electron chi connectivity index (χ1n) is 9.04. The van der Waals surface area contributed by atoms with Gasteiger partial charge in [0.1, 0.15) is 5.76 Å². The first-order chi connectivity index (χ1) is 13.0. The van der Waals surface area contributed by atoms with Crippen molar-refractivity contribution in [1.82, 2.24) is 20.4 Å². The van der Waals surface area contributed by atoms with E-state index in [1.54, 1.807) is 11.2 Å². The Kier molecular flexibility index (Phi) is 7.88. The van der Waals surface area contributed by atoms with Crippen LogP contribution in [-0.4, -0.2) is 55.5 Å². The van der Waals surface area contributed by atoms with Crippen molar-refractivity contribution in [1.29, 1.82) is 0 Å². The van der Waals surface area contributed by atoms with E-state index in [-0.39, 0.29) is 24.5 Å². The summed E-state index contributed by atoms with van der Waals surface area (Å²) in [5, 5.41) is 5.42. The van der Waals surface area contributed by atoms with Crippen molar-refractivity contribution in [3.63, 3.8) is 0 Å². The van der Waals surface area contributed by atoms with Gasteiger partial charge >= 0.3 is 6.03 Å². The summed E-state index contributed by atoms with van der Waals surface area (Å²) in [7, 11) is 3.83. The van der Waals surface area contributed by atoms with Crippen molar-refractivity contribution in [2.75, 3.05) is 33.7 Å². The van der Waals surface area contributed by atoms with E-state index in [4.69, 9.17) is 4.42 Å². The van der Waals surface area contributed by atoms with Crippen LogP contribution in [0.5, 0.6) is 0 Å². The standard InChI is InChI=1S/C20H28N4O3/c1-4-24(15-16-9-6-5-7-10-16)19(25)14-22-20(26)21-13-17(23(2)3)18-11-8-12-27-18/h5-12,17H,4,13-15H2,1-3H3,(H2,21,22,26). The number of likely N-dealkylation sites (N-methyl/N-ethyl adjacent to an activating group) is 2. The van der Waals surface area contributed by atoms with Crippen molar-refractivity contribution in [3.8, 4) is 0 Å². The predicted molar refractivity (Wildman–Crippen MR) is 104 cm³/mol. The monoisotopic (exact) mass is 372 g/mol. The largest absolute Gasteiger partial charge is 0.468 e. The third-order valence-corrected chi connectivity index (χ3v) is 4.30. The highest BCUT2D eigenvalue weighted by atomic mass is 16.3. The van der Waals surface area contributed by atoms with Crippen LogP contribution in [-0.2, 0) is 11.3 Å². The van der Waals surface area contributed by atoms with Gasteiger partial charge in [0.2, 0.25) is 5.91 Å². The van der Waals surface area contributed by atoms with Gasteiger partial charge < -0.3 is 20.0 Å². The van der Waals surface area contributed by atoms with E-state index in [0.717, 1.165) is 11.3 Å². The minimum absolute atomic E-state index is 0.0418. The molecule has 2 rings (SSSR count). The number of nitrogens with one attached hydrogen (secondary N) is 2. The van der Waals surface area contributed by atoms with Crippen LogP contribution in [0.3, 0.4) is 0 Å². The van der Waals surface area contributed by atoms with Crippen molar-refractivity contribution >= 4 is 11.9 Å². The van der Waals surface area contributed by atoms with Crippen LogP contribution in [0, 0.1) is 0 Å². The molecule has 2 aromatic rings. The molecule has 1 aromatic heterocycles. The van der Waals surface area contributed by atoms with E-state index in [9.17, 15) is 9.59 Å². The summed E-state index contributed by atoms with van der Waals surface area (Å²) >= 11 is 0. The van der Waals surface area contributed by atoms with E-state index in [1.165, 1.54) is 0 Å². The van der Waals surface area contributed by atoms with E-state index >= 15 is 0 Å². The van der Waals surface area contributed by atoms with Gasteiger partial charge in [0.25, 0.3) is 0 Å². The lowest BCUT2D eigenvalue weighted by Gasteiger charge is -2.23. The maximum absolute atomic E-state index is 12.4. The quantitative estimate of drug-likeness (QED) is 0.708. The lowest BCUT2D eigenvalue weighted by atomic mass is 10.2. The molecule has 27 heavy (non-hydrogen) atoms. The third kappa shape index (κ3) is 6.45. The van der Waals surface area contributed by atoms with Gasteiger partial charge in [-0.3, -0.25) is 9.69 Å².